The van der Waals surface area contributed by atoms with Gasteiger partial charge in [-0.25, -0.2) is 0 Å². The van der Waals surface area contributed by atoms with Crippen LogP contribution in [-0.2, 0) is 13.0 Å². The van der Waals surface area contributed by atoms with Crippen LogP contribution in [0, 0.1) is 6.92 Å². The van der Waals surface area contributed by atoms with Crippen LogP contribution in [0.5, 0.6) is 5.75 Å². The van der Waals surface area contributed by atoms with E-state index in [1.807, 2.05) is 55.5 Å². The summed E-state index contributed by atoms with van der Waals surface area (Å²) in [5, 5.41) is 7.29. The molecule has 0 aliphatic heterocycles. The predicted molar refractivity (Wildman–Crippen MR) is 88.6 cm³/mol. The molecule has 0 spiro atoms. The molecule has 1 N–H and O–H groups in total. The first-order chi connectivity index (χ1) is 11.2. The van der Waals surface area contributed by atoms with Gasteiger partial charge in [0.25, 0.3) is 0 Å². The summed E-state index contributed by atoms with van der Waals surface area (Å²) in [6.45, 7) is 2.51. The molecule has 23 heavy (non-hydrogen) atoms. The maximum absolute atomic E-state index is 5.37. The molecule has 0 fully saturated rings. The smallest absolute Gasteiger partial charge is 0.231 e. The summed E-state index contributed by atoms with van der Waals surface area (Å²) in [5.41, 5.74) is 3.21. The van der Waals surface area contributed by atoms with Crippen molar-refractivity contribution in [1.29, 1.82) is 0 Å². The number of nitrogens with zero attached hydrogens (tertiary/aromatic N) is 2. The van der Waals surface area contributed by atoms with E-state index < -0.39 is 0 Å². The van der Waals surface area contributed by atoms with Gasteiger partial charge < -0.3 is 14.6 Å². The van der Waals surface area contributed by atoms with Gasteiger partial charge in [-0.05, 0) is 30.2 Å². The molecule has 3 rings (SSSR count). The Labute approximate surface area is 135 Å². The number of anilines is 1. The normalized spacial score (nSPS) is 10.5. The molecule has 0 amide bonds. The minimum Gasteiger partial charge on any atom is -0.495 e. The Kier molecular flexibility index (Phi) is 4.57. The summed E-state index contributed by atoms with van der Waals surface area (Å²) >= 11 is 0. The first kappa shape index (κ1) is 15.1. The lowest BCUT2D eigenvalue weighted by Crippen LogP contribution is -2.03. The second-order valence-electron chi connectivity index (χ2n) is 5.32. The molecule has 0 unspecified atom stereocenters. The largest absolute Gasteiger partial charge is 0.495 e. The number of hydrogen-bond acceptors (Lipinski definition) is 5. The lowest BCUT2D eigenvalue weighted by atomic mass is 10.1. The van der Waals surface area contributed by atoms with E-state index in [0.717, 1.165) is 22.6 Å². The Hall–Kier alpha value is -2.82. The molecule has 0 radical (unpaired) electrons. The maximum Gasteiger partial charge on any atom is 0.231 e. The van der Waals surface area contributed by atoms with E-state index in [2.05, 4.69) is 15.5 Å². The highest BCUT2D eigenvalue weighted by molar-refractivity contribution is 5.57. The number of ether oxygens (including phenoxy) is 1. The van der Waals surface area contributed by atoms with Gasteiger partial charge in [0, 0.05) is 0 Å². The first-order valence-corrected chi connectivity index (χ1v) is 7.48. The Morgan fingerprint density at radius 1 is 1.13 bits per heavy atom. The zero-order valence-corrected chi connectivity index (χ0v) is 13.2. The summed E-state index contributed by atoms with van der Waals surface area (Å²) in [7, 11) is 1.66. The number of hydrogen-bond donors (Lipinski definition) is 1. The van der Waals surface area contributed by atoms with Crippen molar-refractivity contribution in [3.8, 4) is 5.75 Å². The average molecular weight is 309 g/mol. The van der Waals surface area contributed by atoms with Gasteiger partial charge in [-0.1, -0.05) is 41.6 Å². The molecule has 0 bridgehead atoms. The minimum absolute atomic E-state index is 0.484. The fourth-order valence-electron chi connectivity index (χ4n) is 2.32. The van der Waals surface area contributed by atoms with E-state index in [1.54, 1.807) is 7.11 Å². The molecule has 1 aromatic heterocycles. The summed E-state index contributed by atoms with van der Waals surface area (Å²) in [6.07, 6.45) is 0.641. The highest BCUT2D eigenvalue weighted by atomic mass is 16.5. The summed E-state index contributed by atoms with van der Waals surface area (Å²) in [6, 6.07) is 16.1. The molecule has 5 nitrogen and oxygen atoms in total. The highest BCUT2D eigenvalue weighted by Gasteiger charge is 2.08. The number of aryl methyl sites for hydroxylation is 1. The summed E-state index contributed by atoms with van der Waals surface area (Å²) < 4.78 is 10.7. The third-order valence-corrected chi connectivity index (χ3v) is 3.50. The van der Waals surface area contributed by atoms with E-state index in [0.29, 0.717) is 24.7 Å². The van der Waals surface area contributed by atoms with Crippen LogP contribution in [0.3, 0.4) is 0 Å². The minimum atomic E-state index is 0.484. The summed E-state index contributed by atoms with van der Waals surface area (Å²) in [5.74, 6) is 2.04. The van der Waals surface area contributed by atoms with Gasteiger partial charge >= 0.3 is 0 Å². The van der Waals surface area contributed by atoms with Crippen molar-refractivity contribution in [2.45, 2.75) is 19.9 Å². The molecule has 0 aliphatic rings. The van der Waals surface area contributed by atoms with Gasteiger partial charge in [-0.3, -0.25) is 0 Å². The number of aromatic nitrogens is 2. The quantitative estimate of drug-likeness (QED) is 0.754. The maximum atomic E-state index is 5.37. The van der Waals surface area contributed by atoms with E-state index in [-0.39, 0.29) is 0 Å². The topological polar surface area (TPSA) is 60.2 Å². The van der Waals surface area contributed by atoms with Crippen molar-refractivity contribution in [2.24, 2.45) is 0 Å². The van der Waals surface area contributed by atoms with Gasteiger partial charge in [-0.15, -0.1) is 0 Å². The zero-order chi connectivity index (χ0) is 16.1. The van der Waals surface area contributed by atoms with E-state index >= 15 is 0 Å². The first-order valence-electron chi connectivity index (χ1n) is 7.48. The Morgan fingerprint density at radius 2 is 1.96 bits per heavy atom. The van der Waals surface area contributed by atoms with Crippen molar-refractivity contribution in [3.63, 3.8) is 0 Å². The standard InChI is InChI=1S/C18H19N3O2/c1-13-8-9-15(16(10-13)22-2)19-12-17-20-18(23-21-17)11-14-6-4-3-5-7-14/h3-10,19H,11-12H2,1-2H3. The van der Waals surface area contributed by atoms with Gasteiger partial charge in [-0.2, -0.15) is 4.98 Å². The third-order valence-electron chi connectivity index (χ3n) is 3.50. The molecule has 118 valence electrons. The van der Waals surface area contributed by atoms with Crippen LogP contribution in [0.4, 0.5) is 5.69 Å². The number of nitrogens with one attached hydrogen (secondary N) is 1. The van der Waals surface area contributed by atoms with Crippen molar-refractivity contribution >= 4 is 5.69 Å². The van der Waals surface area contributed by atoms with Gasteiger partial charge in [0.2, 0.25) is 5.89 Å². The molecule has 3 aromatic rings. The number of methoxy groups -OCH3 is 1. The monoisotopic (exact) mass is 309 g/mol. The summed E-state index contributed by atoms with van der Waals surface area (Å²) in [4.78, 5) is 4.41. The lowest BCUT2D eigenvalue weighted by Gasteiger charge is -2.10. The molecule has 0 atom stereocenters. The van der Waals surface area contributed by atoms with Crippen molar-refractivity contribution in [3.05, 3.63) is 71.4 Å². The van der Waals surface area contributed by atoms with Crippen molar-refractivity contribution in [2.75, 3.05) is 12.4 Å². The molecule has 0 aliphatic carbocycles. The molecule has 2 aromatic carbocycles. The van der Waals surface area contributed by atoms with Crippen LogP contribution in [-0.4, -0.2) is 17.3 Å². The van der Waals surface area contributed by atoms with Crippen molar-refractivity contribution in [1.82, 2.24) is 10.1 Å². The predicted octanol–water partition coefficient (Wildman–Crippen LogP) is 3.59. The van der Waals surface area contributed by atoms with E-state index in [4.69, 9.17) is 9.26 Å². The second kappa shape index (κ2) is 6.96. The zero-order valence-electron chi connectivity index (χ0n) is 13.2. The second-order valence-corrected chi connectivity index (χ2v) is 5.32. The van der Waals surface area contributed by atoms with Crippen LogP contribution < -0.4 is 10.1 Å². The van der Waals surface area contributed by atoms with Crippen LogP contribution in [0.15, 0.2) is 53.1 Å². The fourth-order valence-corrected chi connectivity index (χ4v) is 2.32. The van der Waals surface area contributed by atoms with Crippen LogP contribution in [0.25, 0.3) is 0 Å². The van der Waals surface area contributed by atoms with Gasteiger partial charge in [0.15, 0.2) is 5.82 Å². The van der Waals surface area contributed by atoms with Crippen molar-refractivity contribution < 1.29 is 9.26 Å². The van der Waals surface area contributed by atoms with Crippen LogP contribution >= 0.6 is 0 Å². The highest BCUT2D eigenvalue weighted by Crippen LogP contribution is 2.25. The molecular formula is C18H19N3O2. The SMILES string of the molecule is COc1cc(C)ccc1NCc1noc(Cc2ccccc2)n1. The molecule has 1 heterocycles. The molecule has 5 heteroatoms. The third kappa shape index (κ3) is 3.88. The number of benzene rings is 2. The van der Waals surface area contributed by atoms with Crippen LogP contribution in [0.2, 0.25) is 0 Å². The van der Waals surface area contributed by atoms with Crippen LogP contribution in [0.1, 0.15) is 22.8 Å². The van der Waals surface area contributed by atoms with E-state index in [9.17, 15) is 0 Å². The van der Waals surface area contributed by atoms with E-state index in [1.165, 1.54) is 0 Å². The fraction of sp³-hybridized carbons (Fsp3) is 0.222. The van der Waals surface area contributed by atoms with Gasteiger partial charge in [0.05, 0.1) is 25.8 Å². The average Bonchev–Trinajstić information content (AvgIpc) is 3.02. The number of rotatable bonds is 6. The Balaban J connectivity index is 1.63. The Bertz CT molecular complexity index is 769. The molecule has 0 saturated heterocycles. The Morgan fingerprint density at radius 3 is 2.74 bits per heavy atom. The molecular weight excluding hydrogens is 290 g/mol. The molecule has 0 saturated carbocycles. The lowest BCUT2D eigenvalue weighted by molar-refractivity contribution is 0.380. The van der Waals surface area contributed by atoms with Gasteiger partial charge in [0.1, 0.15) is 5.75 Å².